The monoisotopic (exact) mass is 322 g/mol. The maximum atomic E-state index is 11.6. The largest absolute Gasteiger partial charge is 0.369 e. The van der Waals surface area contributed by atoms with Crippen molar-refractivity contribution in [3.8, 4) is 0 Å². The van der Waals surface area contributed by atoms with E-state index in [0.29, 0.717) is 19.0 Å². The van der Waals surface area contributed by atoms with E-state index in [1.165, 1.54) is 0 Å². The number of fused-ring (bicyclic) bond motifs is 1. The van der Waals surface area contributed by atoms with Gasteiger partial charge < -0.3 is 15.6 Å². The van der Waals surface area contributed by atoms with Crippen LogP contribution in [-0.4, -0.2) is 22.0 Å². The molecule has 6 heteroatoms. The highest BCUT2D eigenvalue weighted by Crippen LogP contribution is 2.28. The number of nitrogens with one attached hydrogen (secondary N) is 1. The van der Waals surface area contributed by atoms with Crippen LogP contribution < -0.4 is 11.1 Å². The molecule has 3 N–H and O–H groups in total. The number of benzene rings is 1. The molecular formula is C13H15BrN4O. The fraction of sp³-hybridized carbons (Fsp3) is 0.385. The SMILES string of the molecule is Nc1nc2cc(Br)ccc2n1CCNC(=O)C1CC1. The van der Waals surface area contributed by atoms with Crippen LogP contribution >= 0.6 is 15.9 Å². The quantitative estimate of drug-likeness (QED) is 0.903. The smallest absolute Gasteiger partial charge is 0.223 e. The summed E-state index contributed by atoms with van der Waals surface area (Å²) in [5.74, 6) is 0.882. The van der Waals surface area contributed by atoms with E-state index in [9.17, 15) is 4.79 Å². The van der Waals surface area contributed by atoms with Crippen molar-refractivity contribution in [2.24, 2.45) is 5.92 Å². The summed E-state index contributed by atoms with van der Waals surface area (Å²) in [7, 11) is 0. The number of nitrogen functional groups attached to an aromatic ring is 1. The summed E-state index contributed by atoms with van der Waals surface area (Å²) in [5.41, 5.74) is 7.77. The van der Waals surface area contributed by atoms with Crippen LogP contribution in [0.3, 0.4) is 0 Å². The number of carbonyl (C=O) groups is 1. The lowest BCUT2D eigenvalue weighted by atomic mass is 10.3. The van der Waals surface area contributed by atoms with E-state index in [4.69, 9.17) is 5.73 Å². The lowest BCUT2D eigenvalue weighted by molar-refractivity contribution is -0.122. The zero-order chi connectivity index (χ0) is 13.4. The number of halogens is 1. The molecule has 0 radical (unpaired) electrons. The van der Waals surface area contributed by atoms with Crippen molar-refractivity contribution >= 4 is 38.8 Å². The molecule has 5 nitrogen and oxygen atoms in total. The van der Waals surface area contributed by atoms with E-state index in [1.54, 1.807) is 0 Å². The van der Waals surface area contributed by atoms with Gasteiger partial charge in [0, 0.05) is 23.5 Å². The highest BCUT2D eigenvalue weighted by Gasteiger charge is 2.29. The van der Waals surface area contributed by atoms with Crippen molar-refractivity contribution in [2.45, 2.75) is 19.4 Å². The van der Waals surface area contributed by atoms with Crippen LogP contribution in [0.4, 0.5) is 5.95 Å². The van der Waals surface area contributed by atoms with Crippen LogP contribution in [0.5, 0.6) is 0 Å². The Morgan fingerprint density at radius 1 is 1.53 bits per heavy atom. The van der Waals surface area contributed by atoms with E-state index < -0.39 is 0 Å². The van der Waals surface area contributed by atoms with Gasteiger partial charge in [-0.2, -0.15) is 0 Å². The number of nitrogens with zero attached hydrogens (tertiary/aromatic N) is 2. The molecule has 1 aromatic carbocycles. The van der Waals surface area contributed by atoms with Gasteiger partial charge in [0.2, 0.25) is 11.9 Å². The lowest BCUT2D eigenvalue weighted by Crippen LogP contribution is -2.28. The molecule has 1 amide bonds. The first-order valence-corrected chi connectivity index (χ1v) is 7.13. The topological polar surface area (TPSA) is 72.9 Å². The minimum atomic E-state index is 0.158. The summed E-state index contributed by atoms with van der Waals surface area (Å²) in [6.07, 6.45) is 2.05. The Bertz CT molecular complexity index is 633. The van der Waals surface area contributed by atoms with Crippen molar-refractivity contribution in [3.63, 3.8) is 0 Å². The highest BCUT2D eigenvalue weighted by molar-refractivity contribution is 9.10. The van der Waals surface area contributed by atoms with E-state index in [-0.39, 0.29) is 11.8 Å². The molecule has 1 aliphatic rings. The third-order valence-corrected chi connectivity index (χ3v) is 3.82. The Labute approximate surface area is 119 Å². The van der Waals surface area contributed by atoms with Crippen molar-refractivity contribution in [1.82, 2.24) is 14.9 Å². The van der Waals surface area contributed by atoms with Gasteiger partial charge in [0.1, 0.15) is 0 Å². The number of carbonyl (C=O) groups excluding carboxylic acids is 1. The van der Waals surface area contributed by atoms with Crippen molar-refractivity contribution in [3.05, 3.63) is 22.7 Å². The number of amides is 1. The van der Waals surface area contributed by atoms with Gasteiger partial charge in [0.15, 0.2) is 0 Å². The second-order valence-corrected chi connectivity index (χ2v) is 5.74. The first-order chi connectivity index (χ1) is 9.15. The van der Waals surface area contributed by atoms with Crippen molar-refractivity contribution < 1.29 is 4.79 Å². The average Bonchev–Trinajstić information content (AvgIpc) is 3.16. The Morgan fingerprint density at radius 3 is 3.05 bits per heavy atom. The molecule has 0 aliphatic heterocycles. The Morgan fingerprint density at radius 2 is 2.32 bits per heavy atom. The maximum Gasteiger partial charge on any atom is 0.223 e. The van der Waals surface area contributed by atoms with Gasteiger partial charge in [-0.1, -0.05) is 15.9 Å². The minimum Gasteiger partial charge on any atom is -0.369 e. The summed E-state index contributed by atoms with van der Waals surface area (Å²) >= 11 is 3.41. The summed E-state index contributed by atoms with van der Waals surface area (Å²) < 4.78 is 2.90. The van der Waals surface area contributed by atoms with Crippen LogP contribution in [0, 0.1) is 5.92 Å². The molecule has 1 fully saturated rings. The predicted octanol–water partition coefficient (Wildman–Crippen LogP) is 1.91. The van der Waals surface area contributed by atoms with Crippen molar-refractivity contribution in [1.29, 1.82) is 0 Å². The zero-order valence-corrected chi connectivity index (χ0v) is 12.0. The molecule has 2 aromatic rings. The van der Waals surface area contributed by atoms with Crippen LogP contribution in [-0.2, 0) is 11.3 Å². The van der Waals surface area contributed by atoms with Gasteiger partial charge >= 0.3 is 0 Å². The van der Waals surface area contributed by atoms with Gasteiger partial charge in [-0.3, -0.25) is 4.79 Å². The number of aromatic nitrogens is 2. The normalized spacial score (nSPS) is 14.8. The first kappa shape index (κ1) is 12.5. The molecule has 0 spiro atoms. The first-order valence-electron chi connectivity index (χ1n) is 6.34. The number of imidazole rings is 1. The summed E-state index contributed by atoms with van der Waals surface area (Å²) in [6.45, 7) is 1.23. The van der Waals surface area contributed by atoms with Crippen LogP contribution in [0.15, 0.2) is 22.7 Å². The van der Waals surface area contributed by atoms with Gasteiger partial charge in [0.25, 0.3) is 0 Å². The molecule has 0 saturated heterocycles. The molecule has 0 bridgehead atoms. The van der Waals surface area contributed by atoms with E-state index >= 15 is 0 Å². The fourth-order valence-corrected chi connectivity index (χ4v) is 2.49. The molecule has 100 valence electrons. The molecule has 19 heavy (non-hydrogen) atoms. The lowest BCUT2D eigenvalue weighted by Gasteiger charge is -2.07. The highest BCUT2D eigenvalue weighted by atomic mass is 79.9. The Kier molecular flexibility index (Phi) is 3.18. The maximum absolute atomic E-state index is 11.6. The molecule has 1 aromatic heterocycles. The second kappa shape index (κ2) is 4.85. The molecule has 3 rings (SSSR count). The summed E-state index contributed by atoms with van der Waals surface area (Å²) in [5, 5.41) is 2.93. The van der Waals surface area contributed by atoms with Crippen molar-refractivity contribution in [2.75, 3.05) is 12.3 Å². The standard InChI is InChI=1S/C13H15BrN4O/c14-9-3-4-11-10(7-9)17-13(15)18(11)6-5-16-12(19)8-1-2-8/h3-4,7-8H,1-2,5-6H2,(H2,15,17)(H,16,19). The number of hydrogen-bond donors (Lipinski definition) is 2. The minimum absolute atomic E-state index is 0.158. The van der Waals surface area contributed by atoms with Gasteiger partial charge in [-0.05, 0) is 31.0 Å². The number of rotatable bonds is 4. The number of hydrogen-bond acceptors (Lipinski definition) is 3. The van der Waals surface area contributed by atoms with E-state index in [0.717, 1.165) is 28.3 Å². The second-order valence-electron chi connectivity index (χ2n) is 4.82. The molecule has 1 saturated carbocycles. The molecule has 1 aliphatic carbocycles. The van der Waals surface area contributed by atoms with Crippen LogP contribution in [0.25, 0.3) is 11.0 Å². The predicted molar refractivity (Wildman–Crippen MR) is 77.6 cm³/mol. The molecule has 0 atom stereocenters. The fourth-order valence-electron chi connectivity index (χ4n) is 2.14. The van der Waals surface area contributed by atoms with E-state index in [1.807, 2.05) is 22.8 Å². The average molecular weight is 323 g/mol. The zero-order valence-electron chi connectivity index (χ0n) is 10.4. The van der Waals surface area contributed by atoms with E-state index in [2.05, 4.69) is 26.2 Å². The Balaban J connectivity index is 1.72. The van der Waals surface area contributed by atoms with Crippen LogP contribution in [0.2, 0.25) is 0 Å². The van der Waals surface area contributed by atoms with Crippen LogP contribution in [0.1, 0.15) is 12.8 Å². The summed E-state index contributed by atoms with van der Waals surface area (Å²) in [6, 6.07) is 5.87. The number of anilines is 1. The molecule has 1 heterocycles. The molecule has 0 unspecified atom stereocenters. The summed E-state index contributed by atoms with van der Waals surface area (Å²) in [4.78, 5) is 15.9. The van der Waals surface area contributed by atoms with Gasteiger partial charge in [-0.15, -0.1) is 0 Å². The molecular weight excluding hydrogens is 308 g/mol. The third-order valence-electron chi connectivity index (χ3n) is 3.32. The van der Waals surface area contributed by atoms with Gasteiger partial charge in [-0.25, -0.2) is 4.98 Å². The van der Waals surface area contributed by atoms with Gasteiger partial charge in [0.05, 0.1) is 11.0 Å². The third kappa shape index (κ3) is 2.58. The number of nitrogens with two attached hydrogens (primary N) is 1. The Hall–Kier alpha value is -1.56.